The first-order chi connectivity index (χ1) is 9.95. The molecule has 0 saturated carbocycles. The minimum atomic E-state index is -0.703. The standard InChI is InChI=1S/C15H14BrFN2O2/c1-9(21-12-4-2-3-10(16)7-12)15(20)19-11-5-6-13(17)14(18)8-11/h2-9H,18H2,1H3,(H,19,20). The number of amides is 1. The molecule has 0 radical (unpaired) electrons. The van der Waals surface area contributed by atoms with E-state index in [0.29, 0.717) is 11.4 Å². The lowest BCUT2D eigenvalue weighted by molar-refractivity contribution is -0.122. The number of nitrogens with two attached hydrogens (primary N) is 1. The van der Waals surface area contributed by atoms with E-state index in [1.165, 1.54) is 18.2 Å². The molecule has 21 heavy (non-hydrogen) atoms. The van der Waals surface area contributed by atoms with E-state index in [9.17, 15) is 9.18 Å². The highest BCUT2D eigenvalue weighted by atomic mass is 79.9. The van der Waals surface area contributed by atoms with E-state index in [-0.39, 0.29) is 11.6 Å². The molecule has 1 atom stereocenters. The predicted molar refractivity (Wildman–Crippen MR) is 83.7 cm³/mol. The minimum Gasteiger partial charge on any atom is -0.481 e. The van der Waals surface area contributed by atoms with Gasteiger partial charge in [0.25, 0.3) is 5.91 Å². The second kappa shape index (κ2) is 6.58. The molecule has 0 aliphatic rings. The van der Waals surface area contributed by atoms with Crippen LogP contribution in [0, 0.1) is 5.82 Å². The molecule has 1 unspecified atom stereocenters. The fraction of sp³-hybridized carbons (Fsp3) is 0.133. The summed E-state index contributed by atoms with van der Waals surface area (Å²) in [4.78, 5) is 12.0. The quantitative estimate of drug-likeness (QED) is 0.826. The summed E-state index contributed by atoms with van der Waals surface area (Å²) < 4.78 is 19.4. The highest BCUT2D eigenvalue weighted by Gasteiger charge is 2.15. The van der Waals surface area contributed by atoms with Crippen molar-refractivity contribution in [2.75, 3.05) is 11.1 Å². The molecule has 0 aliphatic carbocycles. The Bertz CT molecular complexity index is 664. The zero-order chi connectivity index (χ0) is 15.4. The first-order valence-electron chi connectivity index (χ1n) is 6.24. The Balaban J connectivity index is 2.00. The summed E-state index contributed by atoms with van der Waals surface area (Å²) in [5.74, 6) is -0.293. The van der Waals surface area contributed by atoms with Crippen LogP contribution in [0.3, 0.4) is 0 Å². The normalized spacial score (nSPS) is 11.8. The molecule has 2 aromatic rings. The molecule has 0 aromatic heterocycles. The third kappa shape index (κ3) is 4.19. The number of carbonyl (C=O) groups is 1. The van der Waals surface area contributed by atoms with Crippen molar-refractivity contribution < 1.29 is 13.9 Å². The summed E-state index contributed by atoms with van der Waals surface area (Å²) in [6, 6.07) is 11.2. The fourth-order valence-corrected chi connectivity index (χ4v) is 2.04. The van der Waals surface area contributed by atoms with Gasteiger partial charge in [0.15, 0.2) is 6.10 Å². The van der Waals surface area contributed by atoms with Gasteiger partial charge in [0.2, 0.25) is 0 Å². The van der Waals surface area contributed by atoms with Gasteiger partial charge >= 0.3 is 0 Å². The number of ether oxygens (including phenoxy) is 1. The van der Waals surface area contributed by atoms with Crippen LogP contribution in [0.5, 0.6) is 5.75 Å². The van der Waals surface area contributed by atoms with E-state index in [1.54, 1.807) is 19.1 Å². The molecule has 1 amide bonds. The molecule has 4 nitrogen and oxygen atoms in total. The number of benzene rings is 2. The minimum absolute atomic E-state index is 0.0200. The Kier molecular flexibility index (Phi) is 4.80. The SMILES string of the molecule is CC(Oc1cccc(Br)c1)C(=O)Nc1ccc(F)c(N)c1. The lowest BCUT2D eigenvalue weighted by Gasteiger charge is -2.15. The molecule has 3 N–H and O–H groups in total. The summed E-state index contributed by atoms with van der Waals surface area (Å²) >= 11 is 3.33. The van der Waals surface area contributed by atoms with Crippen LogP contribution in [0.25, 0.3) is 0 Å². The van der Waals surface area contributed by atoms with Crippen LogP contribution in [0.1, 0.15) is 6.92 Å². The van der Waals surface area contributed by atoms with E-state index in [2.05, 4.69) is 21.2 Å². The van der Waals surface area contributed by atoms with Crippen LogP contribution in [-0.2, 0) is 4.79 Å². The van der Waals surface area contributed by atoms with Crippen LogP contribution in [0.4, 0.5) is 15.8 Å². The smallest absolute Gasteiger partial charge is 0.265 e. The molecular formula is C15H14BrFN2O2. The molecule has 0 spiro atoms. The Morgan fingerprint density at radius 2 is 2.10 bits per heavy atom. The first kappa shape index (κ1) is 15.3. The van der Waals surface area contributed by atoms with E-state index < -0.39 is 11.9 Å². The maximum Gasteiger partial charge on any atom is 0.265 e. The van der Waals surface area contributed by atoms with Gasteiger partial charge in [0, 0.05) is 10.2 Å². The van der Waals surface area contributed by atoms with Gasteiger partial charge in [-0.1, -0.05) is 22.0 Å². The van der Waals surface area contributed by atoms with Gasteiger partial charge in [-0.15, -0.1) is 0 Å². The van der Waals surface area contributed by atoms with Crippen molar-refractivity contribution in [1.82, 2.24) is 0 Å². The van der Waals surface area contributed by atoms with E-state index >= 15 is 0 Å². The molecule has 0 bridgehead atoms. The molecular weight excluding hydrogens is 339 g/mol. The summed E-state index contributed by atoms with van der Waals surface area (Å²) in [6.07, 6.45) is -0.703. The maximum atomic E-state index is 13.1. The summed E-state index contributed by atoms with van der Waals surface area (Å²) in [5.41, 5.74) is 5.85. The third-order valence-corrected chi connectivity index (χ3v) is 3.23. The van der Waals surface area contributed by atoms with Crippen LogP contribution < -0.4 is 15.8 Å². The van der Waals surface area contributed by atoms with E-state index in [0.717, 1.165) is 4.47 Å². The largest absolute Gasteiger partial charge is 0.481 e. The van der Waals surface area contributed by atoms with E-state index in [1.807, 2.05) is 12.1 Å². The molecule has 2 aromatic carbocycles. The van der Waals surface area contributed by atoms with Crippen molar-refractivity contribution in [3.8, 4) is 5.75 Å². The van der Waals surface area contributed by atoms with Crippen molar-refractivity contribution in [3.63, 3.8) is 0 Å². The summed E-state index contributed by atoms with van der Waals surface area (Å²) in [7, 11) is 0. The lowest BCUT2D eigenvalue weighted by atomic mass is 10.2. The third-order valence-electron chi connectivity index (χ3n) is 2.74. The lowest BCUT2D eigenvalue weighted by Crippen LogP contribution is -2.30. The van der Waals surface area contributed by atoms with Gasteiger partial charge in [-0.05, 0) is 43.3 Å². The Hall–Kier alpha value is -2.08. The molecule has 0 aliphatic heterocycles. The zero-order valence-electron chi connectivity index (χ0n) is 11.3. The van der Waals surface area contributed by atoms with Gasteiger partial charge in [-0.25, -0.2) is 4.39 Å². The van der Waals surface area contributed by atoms with Crippen molar-refractivity contribution in [2.24, 2.45) is 0 Å². The first-order valence-corrected chi connectivity index (χ1v) is 7.03. The fourth-order valence-electron chi connectivity index (χ4n) is 1.66. The Labute approximate surface area is 130 Å². The van der Waals surface area contributed by atoms with Crippen molar-refractivity contribution in [1.29, 1.82) is 0 Å². The predicted octanol–water partition coefficient (Wildman–Crippen LogP) is 3.58. The number of nitrogens with one attached hydrogen (secondary N) is 1. The number of rotatable bonds is 4. The van der Waals surface area contributed by atoms with Gasteiger partial charge in [-0.2, -0.15) is 0 Å². The highest BCUT2D eigenvalue weighted by Crippen LogP contribution is 2.20. The van der Waals surface area contributed by atoms with Crippen LogP contribution in [-0.4, -0.2) is 12.0 Å². The summed E-state index contributed by atoms with van der Waals surface area (Å²) in [5, 5.41) is 2.62. The average molecular weight is 353 g/mol. The maximum absolute atomic E-state index is 13.1. The highest BCUT2D eigenvalue weighted by molar-refractivity contribution is 9.10. The Morgan fingerprint density at radius 1 is 1.33 bits per heavy atom. The van der Waals surface area contributed by atoms with Crippen LogP contribution in [0.15, 0.2) is 46.9 Å². The van der Waals surface area contributed by atoms with Crippen molar-refractivity contribution in [2.45, 2.75) is 13.0 Å². The molecule has 0 heterocycles. The number of nitrogen functional groups attached to an aromatic ring is 1. The molecule has 0 fully saturated rings. The monoisotopic (exact) mass is 352 g/mol. The van der Waals surface area contributed by atoms with Gasteiger partial charge < -0.3 is 15.8 Å². The molecule has 2 rings (SSSR count). The second-order valence-electron chi connectivity index (χ2n) is 4.44. The second-order valence-corrected chi connectivity index (χ2v) is 5.36. The number of carbonyl (C=O) groups excluding carboxylic acids is 1. The van der Waals surface area contributed by atoms with Crippen LogP contribution >= 0.6 is 15.9 Å². The van der Waals surface area contributed by atoms with Crippen LogP contribution in [0.2, 0.25) is 0 Å². The molecule has 110 valence electrons. The molecule has 6 heteroatoms. The summed E-state index contributed by atoms with van der Waals surface area (Å²) in [6.45, 7) is 1.63. The number of hydrogen-bond acceptors (Lipinski definition) is 3. The van der Waals surface area contributed by atoms with E-state index in [4.69, 9.17) is 10.5 Å². The number of halogens is 2. The van der Waals surface area contributed by atoms with Gasteiger partial charge in [0.05, 0.1) is 5.69 Å². The number of anilines is 2. The topological polar surface area (TPSA) is 64.3 Å². The average Bonchev–Trinajstić information content (AvgIpc) is 2.43. The van der Waals surface area contributed by atoms with Crippen molar-refractivity contribution >= 4 is 33.2 Å². The number of hydrogen-bond donors (Lipinski definition) is 2. The van der Waals surface area contributed by atoms with Gasteiger partial charge in [0.1, 0.15) is 11.6 Å². The Morgan fingerprint density at radius 3 is 2.76 bits per heavy atom. The molecule has 0 saturated heterocycles. The van der Waals surface area contributed by atoms with Crippen molar-refractivity contribution in [3.05, 3.63) is 52.8 Å². The van der Waals surface area contributed by atoms with Gasteiger partial charge in [-0.3, -0.25) is 4.79 Å². The zero-order valence-corrected chi connectivity index (χ0v) is 12.9.